The molecule has 2 aliphatic heterocycles. The Balaban J connectivity index is 1.54. The fraction of sp³-hybridized carbons (Fsp3) is 0.350. The van der Waals surface area contributed by atoms with E-state index in [1.165, 1.54) is 16.7 Å². The summed E-state index contributed by atoms with van der Waals surface area (Å²) < 4.78 is 0. The number of nitrogens with one attached hydrogen (secondary N) is 1. The average Bonchev–Trinajstić information content (AvgIpc) is 3.24. The first-order valence-electron chi connectivity index (χ1n) is 8.51. The van der Waals surface area contributed by atoms with Crippen LogP contribution in [0.3, 0.4) is 0 Å². The molecule has 2 aromatic rings. The first kappa shape index (κ1) is 14.5. The molecule has 0 aromatic heterocycles. The first-order chi connectivity index (χ1) is 11.3. The van der Waals surface area contributed by atoms with Crippen molar-refractivity contribution >= 4 is 11.6 Å². The third-order valence-corrected chi connectivity index (χ3v) is 5.01. The fourth-order valence-corrected chi connectivity index (χ4v) is 3.72. The van der Waals surface area contributed by atoms with E-state index in [0.29, 0.717) is 12.3 Å². The van der Waals surface area contributed by atoms with Crippen LogP contribution in [0.15, 0.2) is 48.5 Å². The van der Waals surface area contributed by atoms with Crippen molar-refractivity contribution in [2.24, 2.45) is 5.92 Å². The van der Waals surface area contributed by atoms with Crippen LogP contribution in [-0.2, 0) is 11.2 Å². The number of hydrogen-bond acceptors (Lipinski definition) is 2. The van der Waals surface area contributed by atoms with Gasteiger partial charge in [-0.05, 0) is 60.7 Å². The van der Waals surface area contributed by atoms with E-state index in [9.17, 15) is 4.79 Å². The van der Waals surface area contributed by atoms with E-state index < -0.39 is 0 Å². The lowest BCUT2D eigenvalue weighted by Crippen LogP contribution is -2.30. The van der Waals surface area contributed by atoms with E-state index in [1.54, 1.807) is 0 Å². The monoisotopic (exact) mass is 306 g/mol. The molecule has 1 atom stereocenters. The lowest BCUT2D eigenvalue weighted by Gasteiger charge is -2.19. The fourth-order valence-electron chi connectivity index (χ4n) is 3.72. The van der Waals surface area contributed by atoms with Crippen molar-refractivity contribution in [3.63, 3.8) is 0 Å². The highest BCUT2D eigenvalue weighted by atomic mass is 16.2. The molecule has 118 valence electrons. The van der Waals surface area contributed by atoms with Crippen molar-refractivity contribution in [1.82, 2.24) is 5.32 Å². The molecule has 2 aliphatic rings. The summed E-state index contributed by atoms with van der Waals surface area (Å²) in [4.78, 5) is 14.6. The van der Waals surface area contributed by atoms with Gasteiger partial charge in [0.2, 0.25) is 5.91 Å². The van der Waals surface area contributed by atoms with Crippen LogP contribution in [0.5, 0.6) is 0 Å². The number of carbonyl (C=O) groups is 1. The van der Waals surface area contributed by atoms with Gasteiger partial charge in [0, 0.05) is 18.7 Å². The van der Waals surface area contributed by atoms with Crippen molar-refractivity contribution in [1.29, 1.82) is 0 Å². The van der Waals surface area contributed by atoms with Crippen molar-refractivity contribution in [2.45, 2.75) is 19.3 Å². The van der Waals surface area contributed by atoms with Crippen LogP contribution in [0.1, 0.15) is 18.4 Å². The molecule has 1 saturated heterocycles. The van der Waals surface area contributed by atoms with Gasteiger partial charge in [0.05, 0.1) is 0 Å². The zero-order chi connectivity index (χ0) is 15.6. The lowest BCUT2D eigenvalue weighted by atomic mass is 10.0. The van der Waals surface area contributed by atoms with Crippen LogP contribution >= 0.6 is 0 Å². The van der Waals surface area contributed by atoms with Gasteiger partial charge in [-0.25, -0.2) is 0 Å². The van der Waals surface area contributed by atoms with Crippen LogP contribution in [0.4, 0.5) is 5.69 Å². The quantitative estimate of drug-likeness (QED) is 0.944. The molecule has 3 nitrogen and oxygen atoms in total. The molecule has 0 saturated carbocycles. The van der Waals surface area contributed by atoms with Gasteiger partial charge in [-0.2, -0.15) is 0 Å². The third kappa shape index (κ3) is 2.89. The Labute approximate surface area is 137 Å². The molecule has 0 radical (unpaired) electrons. The first-order valence-corrected chi connectivity index (χ1v) is 8.51. The summed E-state index contributed by atoms with van der Waals surface area (Å²) in [6, 6.07) is 16.9. The molecule has 1 amide bonds. The molecule has 2 heterocycles. The smallest absolute Gasteiger partial charge is 0.227 e. The number of fused-ring (bicyclic) bond motifs is 1. The van der Waals surface area contributed by atoms with Crippen molar-refractivity contribution in [2.75, 3.05) is 24.5 Å². The molecule has 23 heavy (non-hydrogen) atoms. The van der Waals surface area contributed by atoms with E-state index in [-0.39, 0.29) is 5.91 Å². The molecule has 4 rings (SSSR count). The minimum Gasteiger partial charge on any atom is -0.316 e. The van der Waals surface area contributed by atoms with Gasteiger partial charge in [0.15, 0.2) is 0 Å². The van der Waals surface area contributed by atoms with Crippen molar-refractivity contribution in [3.8, 4) is 11.1 Å². The molecular weight excluding hydrogens is 284 g/mol. The van der Waals surface area contributed by atoms with Gasteiger partial charge in [-0.1, -0.05) is 36.4 Å². The van der Waals surface area contributed by atoms with Crippen LogP contribution < -0.4 is 10.2 Å². The van der Waals surface area contributed by atoms with Crippen LogP contribution in [0.2, 0.25) is 0 Å². The Kier molecular flexibility index (Phi) is 3.88. The van der Waals surface area contributed by atoms with E-state index in [0.717, 1.165) is 38.2 Å². The van der Waals surface area contributed by atoms with E-state index in [2.05, 4.69) is 47.8 Å². The minimum absolute atomic E-state index is 0.282. The van der Waals surface area contributed by atoms with E-state index >= 15 is 0 Å². The molecule has 0 unspecified atom stereocenters. The van der Waals surface area contributed by atoms with E-state index in [4.69, 9.17) is 0 Å². The summed E-state index contributed by atoms with van der Waals surface area (Å²) in [6.07, 6.45) is 2.76. The van der Waals surface area contributed by atoms with Crippen LogP contribution in [-0.4, -0.2) is 25.5 Å². The normalized spacial score (nSPS) is 19.8. The Morgan fingerprint density at radius 2 is 2.00 bits per heavy atom. The second-order valence-electron chi connectivity index (χ2n) is 6.57. The maximum atomic E-state index is 12.6. The Morgan fingerprint density at radius 3 is 2.78 bits per heavy atom. The van der Waals surface area contributed by atoms with Gasteiger partial charge in [-0.15, -0.1) is 0 Å². The number of anilines is 1. The SMILES string of the molecule is O=C(C[C@H]1CCNC1)N1CCc2cc(-c3ccccc3)ccc21. The molecule has 1 fully saturated rings. The number of rotatable bonds is 3. The zero-order valence-corrected chi connectivity index (χ0v) is 13.3. The highest BCUT2D eigenvalue weighted by Crippen LogP contribution is 2.33. The molecular formula is C20H22N2O. The summed E-state index contributed by atoms with van der Waals surface area (Å²) in [5.41, 5.74) is 4.88. The highest BCUT2D eigenvalue weighted by Gasteiger charge is 2.27. The van der Waals surface area contributed by atoms with Crippen LogP contribution in [0.25, 0.3) is 11.1 Å². The number of hydrogen-bond donors (Lipinski definition) is 1. The highest BCUT2D eigenvalue weighted by molar-refractivity contribution is 5.96. The lowest BCUT2D eigenvalue weighted by molar-refractivity contribution is -0.119. The summed E-state index contributed by atoms with van der Waals surface area (Å²) in [7, 11) is 0. The topological polar surface area (TPSA) is 32.3 Å². The second kappa shape index (κ2) is 6.17. The number of amides is 1. The molecule has 3 heteroatoms. The number of benzene rings is 2. The van der Waals surface area contributed by atoms with Crippen LogP contribution in [0, 0.1) is 5.92 Å². The van der Waals surface area contributed by atoms with Crippen molar-refractivity contribution < 1.29 is 4.79 Å². The zero-order valence-electron chi connectivity index (χ0n) is 13.3. The van der Waals surface area contributed by atoms with Gasteiger partial charge in [-0.3, -0.25) is 4.79 Å². The third-order valence-electron chi connectivity index (χ3n) is 5.01. The molecule has 0 spiro atoms. The van der Waals surface area contributed by atoms with E-state index in [1.807, 2.05) is 11.0 Å². The molecule has 1 N–H and O–H groups in total. The summed E-state index contributed by atoms with van der Waals surface area (Å²) in [5, 5.41) is 3.34. The predicted molar refractivity (Wildman–Crippen MR) is 93.5 cm³/mol. The number of nitrogens with zero attached hydrogens (tertiary/aromatic N) is 1. The van der Waals surface area contributed by atoms with Gasteiger partial charge in [0.1, 0.15) is 0 Å². The average molecular weight is 306 g/mol. The second-order valence-corrected chi connectivity index (χ2v) is 6.57. The van der Waals surface area contributed by atoms with Gasteiger partial charge < -0.3 is 10.2 Å². The standard InChI is InChI=1S/C20H22N2O/c23-20(12-15-8-10-21-14-15)22-11-9-18-13-17(6-7-19(18)22)16-4-2-1-3-5-16/h1-7,13,15,21H,8-12,14H2/t15-/m1/s1. The molecule has 2 aromatic carbocycles. The minimum atomic E-state index is 0.282. The largest absolute Gasteiger partial charge is 0.316 e. The Bertz CT molecular complexity index is 705. The summed E-state index contributed by atoms with van der Waals surface area (Å²) >= 11 is 0. The maximum absolute atomic E-state index is 12.6. The van der Waals surface area contributed by atoms with Gasteiger partial charge >= 0.3 is 0 Å². The maximum Gasteiger partial charge on any atom is 0.227 e. The number of carbonyl (C=O) groups excluding carboxylic acids is 1. The van der Waals surface area contributed by atoms with Crippen molar-refractivity contribution in [3.05, 3.63) is 54.1 Å². The summed E-state index contributed by atoms with van der Waals surface area (Å²) in [5.74, 6) is 0.792. The Hall–Kier alpha value is -2.13. The predicted octanol–water partition coefficient (Wildman–Crippen LogP) is 3.24. The molecule has 0 aliphatic carbocycles. The van der Waals surface area contributed by atoms with Gasteiger partial charge in [0.25, 0.3) is 0 Å². The Morgan fingerprint density at radius 1 is 1.13 bits per heavy atom. The molecule has 0 bridgehead atoms. The summed E-state index contributed by atoms with van der Waals surface area (Å²) in [6.45, 7) is 2.86.